The molecule has 0 unspecified atom stereocenters. The molecule has 0 radical (unpaired) electrons. The molecule has 1 aliphatic rings. The third-order valence-electron chi connectivity index (χ3n) is 4.10. The Balaban J connectivity index is 1.83. The van der Waals surface area contributed by atoms with Crippen LogP contribution in [0.25, 0.3) is 0 Å². The number of ether oxygens (including phenoxy) is 1. The van der Waals surface area contributed by atoms with Crippen molar-refractivity contribution in [1.29, 1.82) is 0 Å². The van der Waals surface area contributed by atoms with Crippen molar-refractivity contribution in [3.63, 3.8) is 0 Å². The molecule has 1 fully saturated rings. The normalized spacial score (nSPS) is 17.9. The largest absolute Gasteiger partial charge is 0.365 e. The molecule has 1 amide bonds. The molecular formula is C17H29N3O3. The van der Waals surface area contributed by atoms with Crippen LogP contribution in [0.3, 0.4) is 0 Å². The molecule has 2 rings (SSSR count). The number of rotatable bonds is 6. The molecule has 1 heterocycles. The fourth-order valence-corrected chi connectivity index (χ4v) is 2.69. The molecule has 23 heavy (non-hydrogen) atoms. The number of hydrogen-bond donors (Lipinski definition) is 1. The molecule has 1 atom stereocenters. The second-order valence-corrected chi connectivity index (χ2v) is 7.28. The highest BCUT2D eigenvalue weighted by Gasteiger charge is 2.25. The number of amides is 1. The van der Waals surface area contributed by atoms with E-state index in [-0.39, 0.29) is 24.0 Å². The Hall–Kier alpha value is -1.43. The highest BCUT2D eigenvalue weighted by Crippen LogP contribution is 2.22. The number of hydrogen-bond acceptors (Lipinski definition) is 5. The van der Waals surface area contributed by atoms with E-state index in [1.807, 2.05) is 27.7 Å². The zero-order valence-electron chi connectivity index (χ0n) is 14.7. The standard InChI is InChI=1S/C17H29N3O3/c1-5-13(22-12-9-7-6-8-10-12)15(21)18-11-14-19-16(23-20-14)17(2,3)4/h12-13H,5-11H2,1-4H3,(H,18,21)/t13-/m1/s1. The van der Waals surface area contributed by atoms with Crippen molar-refractivity contribution in [3.05, 3.63) is 11.7 Å². The van der Waals surface area contributed by atoms with Crippen molar-refractivity contribution in [2.45, 2.75) is 90.4 Å². The highest BCUT2D eigenvalue weighted by atomic mass is 16.5. The Morgan fingerprint density at radius 2 is 2.04 bits per heavy atom. The Morgan fingerprint density at radius 1 is 1.35 bits per heavy atom. The lowest BCUT2D eigenvalue weighted by molar-refractivity contribution is -0.138. The van der Waals surface area contributed by atoms with E-state index in [9.17, 15) is 4.79 Å². The molecule has 1 N–H and O–H groups in total. The Morgan fingerprint density at radius 3 is 2.61 bits per heavy atom. The minimum atomic E-state index is -0.396. The lowest BCUT2D eigenvalue weighted by atomic mass is 9.97. The third kappa shape index (κ3) is 5.30. The van der Waals surface area contributed by atoms with Gasteiger partial charge in [-0.15, -0.1) is 0 Å². The van der Waals surface area contributed by atoms with Gasteiger partial charge in [-0.2, -0.15) is 4.98 Å². The summed E-state index contributed by atoms with van der Waals surface area (Å²) in [6.45, 7) is 8.26. The third-order valence-corrected chi connectivity index (χ3v) is 4.10. The van der Waals surface area contributed by atoms with Crippen molar-refractivity contribution >= 4 is 5.91 Å². The summed E-state index contributed by atoms with van der Waals surface area (Å²) in [6, 6.07) is 0. The fourth-order valence-electron chi connectivity index (χ4n) is 2.69. The Kier molecular flexibility index (Phi) is 6.16. The van der Waals surface area contributed by atoms with Crippen LogP contribution in [0, 0.1) is 0 Å². The van der Waals surface area contributed by atoms with Gasteiger partial charge in [-0.25, -0.2) is 0 Å². The van der Waals surface area contributed by atoms with Crippen molar-refractivity contribution in [2.24, 2.45) is 0 Å². The van der Waals surface area contributed by atoms with E-state index in [1.165, 1.54) is 19.3 Å². The van der Waals surface area contributed by atoms with Gasteiger partial charge in [-0.3, -0.25) is 4.79 Å². The van der Waals surface area contributed by atoms with Gasteiger partial charge in [0, 0.05) is 5.41 Å². The SMILES string of the molecule is CC[C@@H](OC1CCCCC1)C(=O)NCc1noc(C(C)(C)C)n1. The minimum absolute atomic E-state index is 0.0971. The molecule has 0 saturated heterocycles. The van der Waals surface area contributed by atoms with Gasteiger partial charge in [-0.05, 0) is 19.3 Å². The maximum absolute atomic E-state index is 12.3. The fraction of sp³-hybridized carbons (Fsp3) is 0.824. The second-order valence-electron chi connectivity index (χ2n) is 7.28. The Bertz CT molecular complexity index is 501. The average molecular weight is 323 g/mol. The van der Waals surface area contributed by atoms with Gasteiger partial charge in [-0.1, -0.05) is 52.1 Å². The van der Waals surface area contributed by atoms with Crippen molar-refractivity contribution in [2.75, 3.05) is 0 Å². The van der Waals surface area contributed by atoms with Crippen LogP contribution >= 0.6 is 0 Å². The van der Waals surface area contributed by atoms with E-state index in [0.717, 1.165) is 12.8 Å². The van der Waals surface area contributed by atoms with E-state index in [4.69, 9.17) is 9.26 Å². The minimum Gasteiger partial charge on any atom is -0.365 e. The van der Waals surface area contributed by atoms with Crippen LogP contribution < -0.4 is 5.32 Å². The summed E-state index contributed by atoms with van der Waals surface area (Å²) in [7, 11) is 0. The van der Waals surface area contributed by atoms with E-state index < -0.39 is 6.10 Å². The first-order valence-electron chi connectivity index (χ1n) is 8.66. The molecule has 1 aromatic heterocycles. The van der Waals surface area contributed by atoms with Crippen molar-refractivity contribution < 1.29 is 14.1 Å². The van der Waals surface area contributed by atoms with Crippen molar-refractivity contribution in [1.82, 2.24) is 15.5 Å². The monoisotopic (exact) mass is 323 g/mol. The van der Waals surface area contributed by atoms with Gasteiger partial charge in [0.1, 0.15) is 6.10 Å². The first-order chi connectivity index (χ1) is 10.9. The van der Waals surface area contributed by atoms with Gasteiger partial charge in [0.05, 0.1) is 12.6 Å². The van der Waals surface area contributed by atoms with Crippen LogP contribution in [0.15, 0.2) is 4.52 Å². The molecule has 0 aliphatic heterocycles. The lowest BCUT2D eigenvalue weighted by Crippen LogP contribution is -2.38. The smallest absolute Gasteiger partial charge is 0.249 e. The van der Waals surface area contributed by atoms with Crippen LogP contribution in [0.5, 0.6) is 0 Å². The zero-order chi connectivity index (χ0) is 16.9. The van der Waals surface area contributed by atoms with E-state index in [1.54, 1.807) is 0 Å². The van der Waals surface area contributed by atoms with Crippen LogP contribution in [-0.2, 0) is 21.5 Å². The first kappa shape index (κ1) is 17.9. The summed E-state index contributed by atoms with van der Waals surface area (Å²) >= 11 is 0. The zero-order valence-corrected chi connectivity index (χ0v) is 14.7. The highest BCUT2D eigenvalue weighted by molar-refractivity contribution is 5.80. The molecule has 1 aromatic rings. The first-order valence-corrected chi connectivity index (χ1v) is 8.66. The number of carbonyl (C=O) groups excluding carboxylic acids is 1. The van der Waals surface area contributed by atoms with Crippen LogP contribution in [0.2, 0.25) is 0 Å². The maximum Gasteiger partial charge on any atom is 0.249 e. The average Bonchev–Trinajstić information content (AvgIpc) is 3.00. The maximum atomic E-state index is 12.3. The van der Waals surface area contributed by atoms with Gasteiger partial charge in [0.25, 0.3) is 0 Å². The predicted octanol–water partition coefficient (Wildman–Crippen LogP) is 3.11. The van der Waals surface area contributed by atoms with Gasteiger partial charge in [0.15, 0.2) is 5.82 Å². The molecule has 0 aromatic carbocycles. The molecule has 1 aliphatic carbocycles. The lowest BCUT2D eigenvalue weighted by Gasteiger charge is -2.26. The summed E-state index contributed by atoms with van der Waals surface area (Å²) in [5, 5.41) is 6.77. The molecule has 0 spiro atoms. The van der Waals surface area contributed by atoms with Gasteiger partial charge >= 0.3 is 0 Å². The van der Waals surface area contributed by atoms with Crippen LogP contribution in [0.4, 0.5) is 0 Å². The van der Waals surface area contributed by atoms with E-state index >= 15 is 0 Å². The van der Waals surface area contributed by atoms with Crippen LogP contribution in [0.1, 0.15) is 77.9 Å². The van der Waals surface area contributed by atoms with Gasteiger partial charge in [0.2, 0.25) is 11.8 Å². The summed E-state index contributed by atoms with van der Waals surface area (Å²) in [5.74, 6) is 0.975. The Labute approximate surface area is 138 Å². The molecule has 1 saturated carbocycles. The van der Waals surface area contributed by atoms with E-state index in [0.29, 0.717) is 18.1 Å². The van der Waals surface area contributed by atoms with Gasteiger partial charge < -0.3 is 14.6 Å². The topological polar surface area (TPSA) is 77.2 Å². The van der Waals surface area contributed by atoms with Crippen LogP contribution in [-0.4, -0.2) is 28.3 Å². The summed E-state index contributed by atoms with van der Waals surface area (Å²) in [4.78, 5) is 16.6. The molecule has 0 bridgehead atoms. The number of carbonyl (C=O) groups is 1. The summed E-state index contributed by atoms with van der Waals surface area (Å²) < 4.78 is 11.2. The quantitative estimate of drug-likeness (QED) is 0.870. The second kappa shape index (κ2) is 7.90. The number of aromatic nitrogens is 2. The molecule has 6 heteroatoms. The molecular weight excluding hydrogens is 294 g/mol. The summed E-state index contributed by atoms with van der Waals surface area (Å²) in [6.07, 6.45) is 6.28. The van der Waals surface area contributed by atoms with Crippen molar-refractivity contribution in [3.8, 4) is 0 Å². The summed E-state index contributed by atoms with van der Waals surface area (Å²) in [5.41, 5.74) is -0.189. The number of nitrogens with zero attached hydrogens (tertiary/aromatic N) is 2. The molecule has 130 valence electrons. The molecule has 6 nitrogen and oxygen atoms in total. The number of nitrogens with one attached hydrogen (secondary N) is 1. The van der Waals surface area contributed by atoms with E-state index in [2.05, 4.69) is 15.5 Å². The predicted molar refractivity (Wildman–Crippen MR) is 86.9 cm³/mol.